The Labute approximate surface area is 257 Å². The Balaban J connectivity index is -0.0000000149. The molecule has 0 rings (SSSR count). The Morgan fingerprint density at radius 3 is 0.739 bits per heavy atom. The first-order valence-electron chi connectivity index (χ1n) is 2.62. The summed E-state index contributed by atoms with van der Waals surface area (Å²) in [5.74, 6) is 0. The molecule has 9 nitrogen and oxygen atoms in total. The Morgan fingerprint density at radius 2 is 0.739 bits per heavy atom. The van der Waals surface area contributed by atoms with Crippen LogP contribution in [0.3, 0.4) is 0 Å². The van der Waals surface area contributed by atoms with Gasteiger partial charge in [-0.15, -0.1) is 18.1 Å². The molecule has 0 spiro atoms. The normalized spacial score (nSPS) is 5.96. The van der Waals surface area contributed by atoms with Crippen molar-refractivity contribution in [1.29, 1.82) is 15.8 Å². The molecule has 0 aromatic carbocycles. The van der Waals surface area contributed by atoms with Gasteiger partial charge in [-0.1, -0.05) is 16.2 Å². The molecule has 0 aromatic rings. The van der Waals surface area contributed by atoms with E-state index in [9.17, 15) is 0 Å². The first kappa shape index (κ1) is 56.3. The molecule has 130 valence electrons. The van der Waals surface area contributed by atoms with Gasteiger partial charge in [0.25, 0.3) is 0 Å². The minimum atomic E-state index is -4.33. The standard InChI is InChI=1S/3CHNS.2Au.K.Na.2H2O3S2.H/c3*2-1-3;;;;;2*1-5(2,3)4;/h3*3H;;;;;2*(H2,1,2,3,4);/q;;;2*+3;;+1;;;/p-7. The predicted octanol–water partition coefficient (Wildman–Crippen LogP) is -5.62. The average Bonchev–Trinajstić information content (AvgIpc) is 1.99. The van der Waals surface area contributed by atoms with Crippen LogP contribution in [-0.2, 0) is 123 Å². The van der Waals surface area contributed by atoms with Gasteiger partial charge in [-0.2, -0.15) is 0 Å². The summed E-state index contributed by atoms with van der Waals surface area (Å²) in [5, 5.41) is 25.4. The first-order chi connectivity index (χ1) is 8.24. The maximum absolute atomic E-state index is 8.89. The molecule has 0 aromatic heterocycles. The van der Waals surface area contributed by atoms with Gasteiger partial charge in [-0.05, 0) is 22.4 Å². The van der Waals surface area contributed by atoms with E-state index in [0.717, 1.165) is 0 Å². The smallest absolute Gasteiger partial charge is 1.00 e. The molecule has 0 aliphatic rings. The minimum absolute atomic E-state index is 0. The number of hydrogen-bond donors (Lipinski definition) is 0. The Kier molecular flexibility index (Phi) is 110. The zero-order chi connectivity index (χ0) is 17.1. The summed E-state index contributed by atoms with van der Waals surface area (Å²) in [5.41, 5.74) is 0. The molecule has 0 aliphatic heterocycles. The third-order valence-corrected chi connectivity index (χ3v) is 0. The van der Waals surface area contributed by atoms with Crippen molar-refractivity contribution in [3.8, 4) is 16.2 Å². The van der Waals surface area contributed by atoms with Crippen molar-refractivity contribution in [3.63, 3.8) is 0 Å². The van der Waals surface area contributed by atoms with Crippen LogP contribution in [0.4, 0.5) is 0 Å². The number of hydrogen-bond acceptors (Lipinski definition) is 14. The topological polar surface area (TPSA) is 198 Å². The summed E-state index contributed by atoms with van der Waals surface area (Å²) in [4.78, 5) is 0. The summed E-state index contributed by atoms with van der Waals surface area (Å²) >= 11 is 17.6. The van der Waals surface area contributed by atoms with Crippen LogP contribution in [0.5, 0.6) is 0 Å². The molecule has 0 bridgehead atoms. The number of thiocyanates is 3. The van der Waals surface area contributed by atoms with E-state index in [1.165, 1.54) is 16.2 Å². The van der Waals surface area contributed by atoms with E-state index >= 15 is 0 Å². The number of nitriles is 3. The van der Waals surface area contributed by atoms with E-state index in [0.29, 0.717) is 0 Å². The monoisotopic (exact) mass is 855 g/mol. The largest absolute Gasteiger partial charge is 1.00 e. The maximum atomic E-state index is 8.89. The summed E-state index contributed by atoms with van der Waals surface area (Å²) in [7, 11) is -8.67. The molecule has 0 fully saturated rings. The zero-order valence-electron chi connectivity index (χ0n) is 9.75. The number of rotatable bonds is 0. The fraction of sp³-hybridized carbons (Fsp3) is 0. The Morgan fingerprint density at radius 1 is 0.739 bits per heavy atom. The Hall–Kier alpha value is 3.83. The van der Waals surface area contributed by atoms with Crippen LogP contribution >= 0.6 is 0 Å². The van der Waals surface area contributed by atoms with Crippen LogP contribution in [0.15, 0.2) is 0 Å². The van der Waals surface area contributed by atoms with Crippen LogP contribution in [0, 0.1) is 32.0 Å². The van der Waals surface area contributed by atoms with Crippen molar-refractivity contribution in [3.05, 3.63) is 0 Å². The van der Waals surface area contributed by atoms with Crippen LogP contribution in [0.2, 0.25) is 0 Å². The van der Waals surface area contributed by atoms with E-state index in [-0.39, 0.29) is 126 Å². The zero-order valence-corrected chi connectivity index (χ0v) is 21.8. The van der Waals surface area contributed by atoms with Gasteiger partial charge >= 0.3 is 126 Å². The van der Waals surface area contributed by atoms with Gasteiger partial charge in [0, 0.05) is 0 Å². The maximum Gasteiger partial charge on any atom is 1.00 e. The minimum Gasteiger partial charge on any atom is 1.00 e. The second-order valence-corrected chi connectivity index (χ2v) is 5.72. The fourth-order valence-electron chi connectivity index (χ4n) is 0. The quantitative estimate of drug-likeness (QED) is 0.127. The van der Waals surface area contributed by atoms with E-state index in [1.807, 2.05) is 0 Å². The van der Waals surface area contributed by atoms with E-state index in [2.05, 4.69) is 60.3 Å². The van der Waals surface area contributed by atoms with E-state index in [1.54, 1.807) is 0 Å². The van der Waals surface area contributed by atoms with Crippen LogP contribution in [0.1, 0.15) is 0 Å². The van der Waals surface area contributed by atoms with Crippen molar-refractivity contribution in [2.75, 3.05) is 0 Å². The molecule has 20 heteroatoms. The molecule has 0 saturated carbocycles. The third kappa shape index (κ3) is 1000. The van der Waals surface area contributed by atoms with Gasteiger partial charge in [0.2, 0.25) is 0 Å². The van der Waals surface area contributed by atoms with Crippen LogP contribution < -0.4 is 29.6 Å². The molecule has 23 heavy (non-hydrogen) atoms. The van der Waals surface area contributed by atoms with Crippen molar-refractivity contribution in [2.45, 2.75) is 0 Å². The second-order valence-electron chi connectivity index (χ2n) is 1.09. The van der Waals surface area contributed by atoms with E-state index < -0.39 is 18.1 Å². The van der Waals surface area contributed by atoms with Crippen molar-refractivity contribution >= 4 is 130 Å². The van der Waals surface area contributed by atoms with Gasteiger partial charge < -0.3 is 56.1 Å². The molecule has 0 aliphatic carbocycles. The molecular weight excluding hydrogens is 855 g/mol. The first-order valence-corrected chi connectivity index (χ1v) is 8.51. The van der Waals surface area contributed by atoms with Crippen molar-refractivity contribution in [2.24, 2.45) is 0 Å². The van der Waals surface area contributed by atoms with E-state index in [4.69, 9.17) is 42.4 Å². The molecule has 0 N–H and O–H groups in total. The van der Waals surface area contributed by atoms with Crippen molar-refractivity contribution < 1.29 is 101 Å². The molecule has 0 amide bonds. The van der Waals surface area contributed by atoms with Crippen LogP contribution in [-0.4, -0.2) is 78.0 Å². The van der Waals surface area contributed by atoms with Gasteiger partial charge in [-0.3, -0.25) is 8.42 Å². The molecule has 0 atom stereocenters. The Bertz CT molecular complexity index is 438. The second kappa shape index (κ2) is 44.9. The van der Waals surface area contributed by atoms with Gasteiger partial charge in [0.1, 0.15) is 0 Å². The van der Waals surface area contributed by atoms with Gasteiger partial charge in [-0.25, -0.2) is 15.8 Å². The van der Waals surface area contributed by atoms with Gasteiger partial charge in [0.05, 0.1) is 0 Å². The third-order valence-electron chi connectivity index (χ3n) is 0. The average molecular weight is 856 g/mol. The molecule has 0 heterocycles. The summed E-state index contributed by atoms with van der Waals surface area (Å²) in [6.07, 6.45) is 0. The molecule has 0 saturated heterocycles. The SMILES string of the molecule is N#C[S-].N#C[S-].N#C[S-].O=S([O-])([O-])=S.O=S([O-])([O-])=S.[Au+3].[Au+3].[KH].[Na+]. The predicted molar refractivity (Wildman–Crippen MR) is 80.2 cm³/mol. The fourth-order valence-corrected chi connectivity index (χ4v) is 0. The number of nitrogens with zero attached hydrogens (tertiary/aromatic N) is 3. The molecule has 0 unspecified atom stereocenters. The summed E-state index contributed by atoms with van der Waals surface area (Å²) in [6, 6.07) is 0. The van der Waals surface area contributed by atoms with Crippen LogP contribution in [0.25, 0.3) is 0 Å². The molecular formula is C3HAu2KN3NaO6S7. The van der Waals surface area contributed by atoms with Gasteiger partial charge in [0.15, 0.2) is 0 Å². The van der Waals surface area contributed by atoms with Crippen molar-refractivity contribution in [1.82, 2.24) is 0 Å². The molecule has 0 radical (unpaired) electrons. The summed E-state index contributed by atoms with van der Waals surface area (Å²) in [6.45, 7) is 0. The summed E-state index contributed by atoms with van der Waals surface area (Å²) < 4.78 is 53.3.